The molecule has 2 aromatic rings. The Morgan fingerprint density at radius 3 is 2.17 bits per heavy atom. The highest BCUT2D eigenvalue weighted by molar-refractivity contribution is 6.46. The summed E-state index contributed by atoms with van der Waals surface area (Å²) < 4.78 is 21.7. The van der Waals surface area contributed by atoms with Crippen molar-refractivity contribution in [1.29, 1.82) is 0 Å². The van der Waals surface area contributed by atoms with Crippen molar-refractivity contribution < 1.29 is 33.6 Å². The summed E-state index contributed by atoms with van der Waals surface area (Å²) in [5.41, 5.74) is 0.906. The van der Waals surface area contributed by atoms with Crippen LogP contribution in [0.15, 0.2) is 42.0 Å². The monoisotopic (exact) mass is 484 g/mol. The van der Waals surface area contributed by atoms with Crippen LogP contribution in [0.1, 0.15) is 23.6 Å². The summed E-state index contributed by atoms with van der Waals surface area (Å²) in [5, 5.41) is 11.3. The molecule has 1 atom stereocenters. The molecule has 2 aromatic carbocycles. The maximum Gasteiger partial charge on any atom is 0.295 e. The Balaban J connectivity index is 2.22. The van der Waals surface area contributed by atoms with Crippen molar-refractivity contribution >= 4 is 17.4 Å². The number of ketones is 1. The molecule has 0 aromatic heterocycles. The van der Waals surface area contributed by atoms with Crippen molar-refractivity contribution in [2.24, 2.45) is 0 Å². The highest BCUT2D eigenvalue weighted by atomic mass is 16.5. The van der Waals surface area contributed by atoms with Gasteiger partial charge in [0, 0.05) is 12.1 Å². The van der Waals surface area contributed by atoms with Gasteiger partial charge >= 0.3 is 0 Å². The number of aliphatic hydroxyl groups excluding tert-OH is 1. The highest BCUT2D eigenvalue weighted by Gasteiger charge is 2.46. The summed E-state index contributed by atoms with van der Waals surface area (Å²) in [6, 6.07) is 9.23. The number of hydrogen-bond donors (Lipinski definition) is 1. The van der Waals surface area contributed by atoms with Crippen LogP contribution >= 0.6 is 0 Å². The first-order valence-electron chi connectivity index (χ1n) is 11.1. The molecule has 3 rings (SSSR count). The van der Waals surface area contributed by atoms with Crippen molar-refractivity contribution in [3.8, 4) is 23.0 Å². The van der Waals surface area contributed by atoms with Gasteiger partial charge in [-0.3, -0.25) is 9.59 Å². The van der Waals surface area contributed by atoms with Crippen LogP contribution in [0.25, 0.3) is 5.76 Å². The van der Waals surface area contributed by atoms with E-state index in [1.807, 2.05) is 19.0 Å². The minimum Gasteiger partial charge on any atom is -0.507 e. The zero-order valence-corrected chi connectivity index (χ0v) is 21.0. The van der Waals surface area contributed by atoms with E-state index < -0.39 is 17.7 Å². The van der Waals surface area contributed by atoms with Crippen LogP contribution in [0.3, 0.4) is 0 Å². The van der Waals surface area contributed by atoms with Crippen LogP contribution in [0, 0.1) is 0 Å². The van der Waals surface area contributed by atoms with Gasteiger partial charge in [0.05, 0.1) is 40.1 Å². The van der Waals surface area contributed by atoms with Gasteiger partial charge < -0.3 is 33.9 Å². The van der Waals surface area contributed by atoms with Gasteiger partial charge in [0.1, 0.15) is 11.5 Å². The van der Waals surface area contributed by atoms with Gasteiger partial charge in [-0.25, -0.2) is 0 Å². The number of likely N-dealkylation sites (tertiary alicyclic amines) is 1. The van der Waals surface area contributed by atoms with E-state index in [1.54, 1.807) is 36.4 Å². The number of nitrogens with zero attached hydrogens (tertiary/aromatic N) is 2. The minimum absolute atomic E-state index is 0.0117. The quantitative estimate of drug-likeness (QED) is 0.312. The molecule has 0 bridgehead atoms. The molecular formula is C26H32N2O7. The number of Topliss-reactive ketones (excluding diaryl/α,β-unsaturated/α-hetero) is 1. The average Bonchev–Trinajstić information content (AvgIpc) is 3.12. The first-order valence-corrected chi connectivity index (χ1v) is 11.1. The number of carbonyl (C=O) groups is 2. The van der Waals surface area contributed by atoms with E-state index in [2.05, 4.69) is 0 Å². The third-order valence-electron chi connectivity index (χ3n) is 5.89. The fourth-order valence-electron chi connectivity index (χ4n) is 4.20. The molecule has 9 heteroatoms. The second-order valence-electron chi connectivity index (χ2n) is 8.34. The number of amides is 1. The Labute approximate surface area is 205 Å². The van der Waals surface area contributed by atoms with Crippen LogP contribution < -0.4 is 18.9 Å². The molecule has 1 heterocycles. The van der Waals surface area contributed by atoms with Crippen molar-refractivity contribution in [3.05, 3.63) is 53.1 Å². The second-order valence-corrected chi connectivity index (χ2v) is 8.34. The van der Waals surface area contributed by atoms with E-state index in [0.717, 1.165) is 6.54 Å². The van der Waals surface area contributed by atoms with Crippen molar-refractivity contribution in [2.75, 3.05) is 55.6 Å². The fourth-order valence-corrected chi connectivity index (χ4v) is 4.20. The molecule has 1 aliphatic heterocycles. The van der Waals surface area contributed by atoms with Crippen molar-refractivity contribution in [1.82, 2.24) is 9.80 Å². The van der Waals surface area contributed by atoms with Gasteiger partial charge in [0.15, 0.2) is 11.5 Å². The third-order valence-corrected chi connectivity index (χ3v) is 5.89. The predicted molar refractivity (Wildman–Crippen MR) is 131 cm³/mol. The molecule has 9 nitrogen and oxygen atoms in total. The smallest absolute Gasteiger partial charge is 0.295 e. The summed E-state index contributed by atoms with van der Waals surface area (Å²) in [5.74, 6) is -0.0593. The summed E-state index contributed by atoms with van der Waals surface area (Å²) in [4.78, 5) is 29.9. The first-order chi connectivity index (χ1) is 16.8. The molecule has 35 heavy (non-hydrogen) atoms. The molecular weight excluding hydrogens is 452 g/mol. The van der Waals surface area contributed by atoms with Gasteiger partial charge in [0.2, 0.25) is 5.75 Å². The molecule has 0 spiro atoms. The lowest BCUT2D eigenvalue weighted by molar-refractivity contribution is -0.139. The average molecular weight is 485 g/mol. The third kappa shape index (κ3) is 5.19. The number of rotatable bonds is 10. The van der Waals surface area contributed by atoms with Crippen molar-refractivity contribution in [3.63, 3.8) is 0 Å². The molecule has 1 amide bonds. The Morgan fingerprint density at radius 2 is 1.63 bits per heavy atom. The highest BCUT2D eigenvalue weighted by Crippen LogP contribution is 2.45. The maximum absolute atomic E-state index is 13.3. The van der Waals surface area contributed by atoms with Crippen LogP contribution in [0.5, 0.6) is 23.0 Å². The number of carbonyl (C=O) groups excluding carboxylic acids is 2. The summed E-state index contributed by atoms with van der Waals surface area (Å²) in [7, 11) is 9.87. The van der Waals surface area contributed by atoms with E-state index in [9.17, 15) is 14.7 Å². The molecule has 0 unspecified atom stereocenters. The Morgan fingerprint density at radius 1 is 0.971 bits per heavy atom. The largest absolute Gasteiger partial charge is 0.507 e. The zero-order valence-electron chi connectivity index (χ0n) is 21.0. The summed E-state index contributed by atoms with van der Waals surface area (Å²) in [6.07, 6.45) is 0.639. The number of aliphatic hydroxyl groups is 1. The normalized spacial score (nSPS) is 17.1. The van der Waals surface area contributed by atoms with Crippen LogP contribution in [0.4, 0.5) is 0 Å². The van der Waals surface area contributed by atoms with Gasteiger partial charge in [-0.1, -0.05) is 12.1 Å². The molecule has 1 aliphatic rings. The topological polar surface area (TPSA) is 97.8 Å². The second kappa shape index (κ2) is 11.1. The Kier molecular flexibility index (Phi) is 8.24. The lowest BCUT2D eigenvalue weighted by Crippen LogP contribution is -2.32. The lowest BCUT2D eigenvalue weighted by Gasteiger charge is -2.27. The van der Waals surface area contributed by atoms with E-state index in [0.29, 0.717) is 47.1 Å². The summed E-state index contributed by atoms with van der Waals surface area (Å²) >= 11 is 0. The predicted octanol–water partition coefficient (Wildman–Crippen LogP) is 3.09. The molecule has 0 aliphatic carbocycles. The lowest BCUT2D eigenvalue weighted by atomic mass is 9.94. The number of hydrogen-bond acceptors (Lipinski definition) is 8. The number of benzene rings is 2. The zero-order chi connectivity index (χ0) is 25.7. The Hall–Kier alpha value is -3.72. The van der Waals surface area contributed by atoms with Gasteiger partial charge in [0.25, 0.3) is 11.7 Å². The molecule has 1 fully saturated rings. The van der Waals surface area contributed by atoms with E-state index in [4.69, 9.17) is 18.9 Å². The molecule has 1 saturated heterocycles. The Bertz CT molecular complexity index is 1100. The molecule has 188 valence electrons. The van der Waals surface area contributed by atoms with E-state index in [1.165, 1.54) is 33.3 Å². The fraction of sp³-hybridized carbons (Fsp3) is 0.385. The van der Waals surface area contributed by atoms with E-state index in [-0.39, 0.29) is 11.3 Å². The summed E-state index contributed by atoms with van der Waals surface area (Å²) in [6.45, 7) is 1.04. The van der Waals surface area contributed by atoms with Crippen LogP contribution in [-0.4, -0.2) is 82.2 Å². The standard InChI is InChI=1S/C26H32N2O7/c1-27(2)11-8-12-28-22(17-14-19(33-4)25(35-6)20(15-17)34-5)21(24(30)26(28)31)23(29)16-9-7-10-18(13-16)32-3/h7,9-10,13-15,22,29H,8,11-12H2,1-6H3/t22-/m1/s1. The first kappa shape index (κ1) is 25.9. The van der Waals surface area contributed by atoms with Crippen molar-refractivity contribution in [2.45, 2.75) is 12.5 Å². The molecule has 0 saturated carbocycles. The van der Waals surface area contributed by atoms with Crippen LogP contribution in [-0.2, 0) is 9.59 Å². The minimum atomic E-state index is -0.850. The number of methoxy groups -OCH3 is 4. The molecule has 0 radical (unpaired) electrons. The SMILES string of the molecule is COc1cccc(C(O)=C2C(=O)C(=O)N(CCCN(C)C)[C@@H]2c2cc(OC)c(OC)c(OC)c2)c1. The van der Waals surface area contributed by atoms with Crippen LogP contribution in [0.2, 0.25) is 0 Å². The number of ether oxygens (including phenoxy) is 4. The maximum atomic E-state index is 13.3. The van der Waals surface area contributed by atoms with E-state index >= 15 is 0 Å². The molecule has 1 N–H and O–H groups in total. The van der Waals surface area contributed by atoms with Gasteiger partial charge in [-0.2, -0.15) is 0 Å². The van der Waals surface area contributed by atoms with Gasteiger partial charge in [-0.15, -0.1) is 0 Å². The van der Waals surface area contributed by atoms with Gasteiger partial charge in [-0.05, 0) is 56.9 Å².